The molecule has 1 fully saturated rings. The van der Waals surface area contributed by atoms with Crippen LogP contribution in [0.4, 0.5) is 10.6 Å². The fourth-order valence-electron chi connectivity index (χ4n) is 6.18. The number of morpholine rings is 1. The Morgan fingerprint density at radius 2 is 1.66 bits per heavy atom. The van der Waals surface area contributed by atoms with Crippen molar-refractivity contribution in [1.82, 2.24) is 15.3 Å². The number of halogens is 1. The van der Waals surface area contributed by atoms with E-state index in [1.165, 1.54) is 22.9 Å². The van der Waals surface area contributed by atoms with Gasteiger partial charge in [-0.3, -0.25) is 0 Å². The summed E-state index contributed by atoms with van der Waals surface area (Å²) in [7, 11) is 0. The molecule has 1 saturated heterocycles. The molecular weight excluding hydrogens is 632 g/mol. The van der Waals surface area contributed by atoms with Crippen LogP contribution < -0.4 is 10.2 Å². The Bertz CT molecular complexity index is 1870. The molecule has 1 aliphatic heterocycles. The first kappa shape index (κ1) is 31.2. The monoisotopic (exact) mass is 664 g/mol. The molecule has 2 aromatic heterocycles. The lowest BCUT2D eigenvalue weighted by Crippen LogP contribution is -2.36. The smallest absolute Gasteiger partial charge is 0.407 e. The van der Waals surface area contributed by atoms with Crippen LogP contribution in [0.15, 0.2) is 107 Å². The standard InChI is InChI=1S/C37H33ClN4O4S/c38-33-19-26(24-11-13-39-34(20-24)42-14-16-45-17-15-42)18-27(35(33)47-36-25(22-43)6-5-12-40-36)21-41-37(44)46-23-32-30-9-3-1-7-28(30)29-8-2-4-10-31(29)32/h1-13,18-20,32,43H,14-17,21-23H2,(H,41,44). The molecular formula is C37H33ClN4O4S. The fraction of sp³-hybridized carbons (Fsp3) is 0.216. The minimum absolute atomic E-state index is 0.0366. The predicted molar refractivity (Wildman–Crippen MR) is 184 cm³/mol. The number of aliphatic hydroxyl groups excluding tert-OH is 1. The Balaban J connectivity index is 1.13. The number of rotatable bonds is 9. The van der Waals surface area contributed by atoms with E-state index in [2.05, 4.69) is 50.5 Å². The third-order valence-electron chi connectivity index (χ3n) is 8.52. The zero-order valence-electron chi connectivity index (χ0n) is 25.6. The minimum Gasteiger partial charge on any atom is -0.449 e. The number of aliphatic hydroxyl groups is 1. The molecule has 0 atom stereocenters. The van der Waals surface area contributed by atoms with Crippen LogP contribution in [0.3, 0.4) is 0 Å². The van der Waals surface area contributed by atoms with Gasteiger partial charge in [0.15, 0.2) is 0 Å². The number of fused-ring (bicyclic) bond motifs is 3. The van der Waals surface area contributed by atoms with Gasteiger partial charge in [0.25, 0.3) is 0 Å². The van der Waals surface area contributed by atoms with Crippen molar-refractivity contribution >= 4 is 35.3 Å². The molecule has 238 valence electrons. The van der Waals surface area contributed by atoms with Gasteiger partial charge in [-0.05, 0) is 69.3 Å². The zero-order chi connectivity index (χ0) is 32.2. The summed E-state index contributed by atoms with van der Waals surface area (Å²) < 4.78 is 11.3. The molecule has 0 bridgehead atoms. The number of amides is 1. The van der Waals surface area contributed by atoms with E-state index < -0.39 is 6.09 Å². The highest BCUT2D eigenvalue weighted by Crippen LogP contribution is 2.44. The van der Waals surface area contributed by atoms with Gasteiger partial charge in [0.05, 0.1) is 24.8 Å². The number of nitrogens with zero attached hydrogens (tertiary/aromatic N) is 3. The van der Waals surface area contributed by atoms with Crippen LogP contribution in [0.5, 0.6) is 0 Å². The number of aromatic nitrogens is 2. The number of nitrogens with one attached hydrogen (secondary N) is 1. The Labute approximate surface area is 282 Å². The molecule has 0 saturated carbocycles. The molecule has 10 heteroatoms. The van der Waals surface area contributed by atoms with Gasteiger partial charge in [-0.1, -0.05) is 78.0 Å². The molecule has 0 spiro atoms. The van der Waals surface area contributed by atoms with E-state index in [-0.39, 0.29) is 25.7 Å². The van der Waals surface area contributed by atoms with Gasteiger partial charge in [0.1, 0.15) is 17.5 Å². The number of ether oxygens (including phenoxy) is 2. The lowest BCUT2D eigenvalue weighted by molar-refractivity contribution is 0.122. The van der Waals surface area contributed by atoms with Crippen molar-refractivity contribution in [3.05, 3.63) is 125 Å². The SMILES string of the molecule is O=C(NCc1cc(-c2ccnc(N3CCOCC3)c2)cc(Cl)c1Sc1ncccc1CO)OCC1c2ccccc2-c2ccccc21. The first-order chi connectivity index (χ1) is 23.1. The van der Waals surface area contributed by atoms with Crippen molar-refractivity contribution < 1.29 is 19.4 Å². The number of hydrogen-bond acceptors (Lipinski definition) is 8. The summed E-state index contributed by atoms with van der Waals surface area (Å²) in [6.07, 6.45) is 2.96. The minimum atomic E-state index is -0.517. The Morgan fingerprint density at radius 1 is 0.915 bits per heavy atom. The van der Waals surface area contributed by atoms with Crippen LogP contribution in [0.2, 0.25) is 5.02 Å². The summed E-state index contributed by atoms with van der Waals surface area (Å²) in [6.45, 7) is 3.13. The van der Waals surface area contributed by atoms with Crippen molar-refractivity contribution in [2.24, 2.45) is 0 Å². The lowest BCUT2D eigenvalue weighted by Gasteiger charge is -2.28. The lowest BCUT2D eigenvalue weighted by atomic mass is 9.98. The summed E-state index contributed by atoms with van der Waals surface area (Å²) in [5.74, 6) is 0.838. The van der Waals surface area contributed by atoms with Crippen LogP contribution >= 0.6 is 23.4 Å². The van der Waals surface area contributed by atoms with Gasteiger partial charge in [0, 0.05) is 48.4 Å². The Hall–Kier alpha value is -4.41. The number of hydrogen-bond donors (Lipinski definition) is 2. The highest BCUT2D eigenvalue weighted by molar-refractivity contribution is 7.99. The summed E-state index contributed by atoms with van der Waals surface area (Å²) in [4.78, 5) is 25.2. The van der Waals surface area contributed by atoms with Crippen molar-refractivity contribution in [2.75, 3.05) is 37.8 Å². The molecule has 2 aliphatic rings. The molecule has 1 aliphatic carbocycles. The topological polar surface area (TPSA) is 96.8 Å². The van der Waals surface area contributed by atoms with E-state index >= 15 is 0 Å². The third kappa shape index (κ3) is 6.71. The van der Waals surface area contributed by atoms with Gasteiger partial charge >= 0.3 is 6.09 Å². The zero-order valence-corrected chi connectivity index (χ0v) is 27.1. The number of pyridine rings is 2. The average Bonchev–Trinajstić information content (AvgIpc) is 3.45. The predicted octanol–water partition coefficient (Wildman–Crippen LogP) is 7.32. The van der Waals surface area contributed by atoms with Crippen LogP contribution in [0.1, 0.15) is 28.2 Å². The van der Waals surface area contributed by atoms with Gasteiger partial charge in [-0.25, -0.2) is 14.8 Å². The van der Waals surface area contributed by atoms with E-state index in [9.17, 15) is 9.90 Å². The van der Waals surface area contributed by atoms with E-state index in [0.717, 1.165) is 51.6 Å². The molecule has 0 radical (unpaired) electrons. The quantitative estimate of drug-likeness (QED) is 0.169. The van der Waals surface area contributed by atoms with E-state index in [0.29, 0.717) is 28.8 Å². The number of carbonyl (C=O) groups is 1. The number of anilines is 1. The second-order valence-corrected chi connectivity index (χ2v) is 12.8. The second kappa shape index (κ2) is 14.1. The maximum atomic E-state index is 13.2. The van der Waals surface area contributed by atoms with Gasteiger partial charge in [0.2, 0.25) is 0 Å². The average molecular weight is 665 g/mol. The van der Waals surface area contributed by atoms with Crippen molar-refractivity contribution in [1.29, 1.82) is 0 Å². The summed E-state index contributed by atoms with van der Waals surface area (Å²) in [5, 5.41) is 14.0. The summed E-state index contributed by atoms with van der Waals surface area (Å²) in [6, 6.07) is 28.1. The van der Waals surface area contributed by atoms with Crippen molar-refractivity contribution in [3.63, 3.8) is 0 Å². The molecule has 0 unspecified atom stereocenters. The van der Waals surface area contributed by atoms with Gasteiger partial charge in [-0.2, -0.15) is 0 Å². The number of carbonyl (C=O) groups excluding carboxylic acids is 1. The van der Waals surface area contributed by atoms with Crippen LogP contribution in [-0.4, -0.2) is 54.1 Å². The van der Waals surface area contributed by atoms with E-state index in [1.54, 1.807) is 18.5 Å². The first-order valence-electron chi connectivity index (χ1n) is 15.5. The van der Waals surface area contributed by atoms with Crippen LogP contribution in [0, 0.1) is 0 Å². The summed E-state index contributed by atoms with van der Waals surface area (Å²) >= 11 is 8.34. The Kier molecular flexibility index (Phi) is 9.39. The normalized spacial score (nSPS) is 14.0. The third-order valence-corrected chi connectivity index (χ3v) is 10.2. The molecule has 3 heterocycles. The van der Waals surface area contributed by atoms with Crippen molar-refractivity contribution in [3.8, 4) is 22.3 Å². The first-order valence-corrected chi connectivity index (χ1v) is 16.7. The molecule has 8 nitrogen and oxygen atoms in total. The molecule has 7 rings (SSSR count). The Morgan fingerprint density at radius 3 is 2.40 bits per heavy atom. The van der Waals surface area contributed by atoms with E-state index in [1.807, 2.05) is 48.5 Å². The van der Waals surface area contributed by atoms with E-state index in [4.69, 9.17) is 21.1 Å². The van der Waals surface area contributed by atoms with Crippen LogP contribution in [-0.2, 0) is 22.6 Å². The highest BCUT2D eigenvalue weighted by Gasteiger charge is 2.29. The number of benzene rings is 3. The van der Waals surface area contributed by atoms with Crippen LogP contribution in [0.25, 0.3) is 22.3 Å². The summed E-state index contributed by atoms with van der Waals surface area (Å²) in [5.41, 5.74) is 8.00. The molecule has 1 amide bonds. The molecule has 2 N–H and O–H groups in total. The molecule has 47 heavy (non-hydrogen) atoms. The maximum absolute atomic E-state index is 13.2. The molecule has 3 aromatic carbocycles. The largest absolute Gasteiger partial charge is 0.449 e. The fourth-order valence-corrected chi connectivity index (χ4v) is 7.52. The highest BCUT2D eigenvalue weighted by atomic mass is 35.5. The second-order valence-electron chi connectivity index (χ2n) is 11.4. The van der Waals surface area contributed by atoms with Crippen molar-refractivity contribution in [2.45, 2.75) is 29.0 Å². The van der Waals surface area contributed by atoms with Gasteiger partial charge in [-0.15, -0.1) is 0 Å². The molecule has 5 aromatic rings. The van der Waals surface area contributed by atoms with Gasteiger partial charge < -0.3 is 24.8 Å². The number of alkyl carbamates (subject to hydrolysis) is 1. The maximum Gasteiger partial charge on any atom is 0.407 e.